The maximum Gasteiger partial charge on any atom is 0.333 e. The maximum atomic E-state index is 12.0. The van der Waals surface area contributed by atoms with Gasteiger partial charge in [-0.25, -0.2) is 4.79 Å². The third-order valence-corrected chi connectivity index (χ3v) is 7.08. The van der Waals surface area contributed by atoms with Gasteiger partial charge in [0.2, 0.25) is 6.29 Å². The van der Waals surface area contributed by atoms with Gasteiger partial charge in [0.25, 0.3) is 0 Å². The molecule has 5 atom stereocenters. The van der Waals surface area contributed by atoms with Crippen LogP contribution in [0.4, 0.5) is 0 Å². The Balaban J connectivity index is 1.83. The number of aliphatic carboxylic acids is 1. The Hall–Kier alpha value is -1.62. The molecule has 2 aliphatic carbocycles. The number of cyclic esters (lactones) is 1. The van der Waals surface area contributed by atoms with Crippen LogP contribution in [0.1, 0.15) is 58.8 Å². The number of ether oxygens (including phenoxy) is 1. The number of aliphatic hydroxyl groups excluding tert-OH is 1. The largest absolute Gasteiger partial charge is 0.481 e. The second-order valence-electron chi connectivity index (χ2n) is 8.43. The lowest BCUT2D eigenvalue weighted by molar-refractivity contribution is -0.164. The van der Waals surface area contributed by atoms with Crippen molar-refractivity contribution in [3.05, 3.63) is 23.8 Å². The zero-order chi connectivity index (χ0) is 18.4. The van der Waals surface area contributed by atoms with Crippen molar-refractivity contribution in [1.82, 2.24) is 0 Å². The highest BCUT2D eigenvalue weighted by molar-refractivity contribution is 5.85. The van der Waals surface area contributed by atoms with Gasteiger partial charge in [0, 0.05) is 11.6 Å². The molecule has 1 heterocycles. The number of hydrogen-bond donors (Lipinski definition) is 2. The molecule has 5 heteroatoms. The van der Waals surface area contributed by atoms with Crippen LogP contribution in [0.2, 0.25) is 0 Å². The molecule has 0 aromatic carbocycles. The van der Waals surface area contributed by atoms with E-state index < -0.39 is 23.6 Å². The van der Waals surface area contributed by atoms with E-state index in [0.29, 0.717) is 12.0 Å². The van der Waals surface area contributed by atoms with Crippen LogP contribution in [0.3, 0.4) is 0 Å². The summed E-state index contributed by atoms with van der Waals surface area (Å²) in [5.74, 6) is -0.857. The molecule has 5 nitrogen and oxygen atoms in total. The highest BCUT2D eigenvalue weighted by Gasteiger charge is 2.57. The Bertz CT molecular complexity index is 636. The molecular formula is C20H28O5. The van der Waals surface area contributed by atoms with E-state index >= 15 is 0 Å². The summed E-state index contributed by atoms with van der Waals surface area (Å²) in [7, 11) is 0. The average Bonchev–Trinajstić information content (AvgIpc) is 2.84. The molecule has 0 bridgehead atoms. The number of esters is 1. The molecule has 3 rings (SSSR count). The molecule has 0 saturated heterocycles. The second kappa shape index (κ2) is 6.27. The van der Waals surface area contributed by atoms with Crippen molar-refractivity contribution in [2.75, 3.05) is 0 Å². The zero-order valence-corrected chi connectivity index (χ0v) is 15.1. The first-order valence-electron chi connectivity index (χ1n) is 9.18. The van der Waals surface area contributed by atoms with Gasteiger partial charge in [-0.1, -0.05) is 25.5 Å². The Morgan fingerprint density at radius 2 is 2.12 bits per heavy atom. The summed E-state index contributed by atoms with van der Waals surface area (Å²) in [5, 5.41) is 19.6. The van der Waals surface area contributed by atoms with Gasteiger partial charge < -0.3 is 14.9 Å². The number of carbonyl (C=O) groups excluding carboxylic acids is 1. The fraction of sp³-hybridized carbons (Fsp3) is 0.700. The molecule has 2 N–H and O–H groups in total. The SMILES string of the molecule is C=C1CCC2[C@](C)(C(=O)O)CCC[C@@]2(C)[C@@H]1CCC1=CC(=O)OC1O. The molecule has 2 saturated carbocycles. The van der Waals surface area contributed by atoms with Crippen molar-refractivity contribution in [1.29, 1.82) is 0 Å². The van der Waals surface area contributed by atoms with Crippen LogP contribution >= 0.6 is 0 Å². The van der Waals surface area contributed by atoms with E-state index in [4.69, 9.17) is 4.74 Å². The molecule has 2 unspecified atom stereocenters. The Morgan fingerprint density at radius 3 is 2.72 bits per heavy atom. The predicted molar refractivity (Wildman–Crippen MR) is 92.5 cm³/mol. The molecule has 0 radical (unpaired) electrons. The fourth-order valence-corrected chi connectivity index (χ4v) is 5.69. The van der Waals surface area contributed by atoms with Gasteiger partial charge in [0.15, 0.2) is 0 Å². The van der Waals surface area contributed by atoms with Crippen LogP contribution < -0.4 is 0 Å². The minimum Gasteiger partial charge on any atom is -0.481 e. The fourth-order valence-electron chi connectivity index (χ4n) is 5.69. The minimum atomic E-state index is -1.14. The standard InChI is InChI=1S/C20H28O5/c1-12-5-8-15-19(2,9-4-10-20(15,3)18(23)24)14(12)7-6-13-11-16(21)25-17(13)22/h11,14-15,17,22H,1,4-10H2,2-3H3,(H,23,24)/t14-,15?,17?,19+,20-/m1/s1. The monoisotopic (exact) mass is 348 g/mol. The third kappa shape index (κ3) is 2.92. The van der Waals surface area contributed by atoms with Crippen LogP contribution in [0.15, 0.2) is 23.8 Å². The van der Waals surface area contributed by atoms with Crippen LogP contribution in [0.5, 0.6) is 0 Å². The third-order valence-electron chi connectivity index (χ3n) is 7.08. The summed E-state index contributed by atoms with van der Waals surface area (Å²) < 4.78 is 4.76. The summed E-state index contributed by atoms with van der Waals surface area (Å²) >= 11 is 0. The molecule has 0 spiro atoms. The van der Waals surface area contributed by atoms with E-state index in [9.17, 15) is 19.8 Å². The van der Waals surface area contributed by atoms with E-state index in [-0.39, 0.29) is 17.3 Å². The van der Waals surface area contributed by atoms with E-state index in [0.717, 1.165) is 38.5 Å². The van der Waals surface area contributed by atoms with Gasteiger partial charge in [-0.3, -0.25) is 4.79 Å². The Labute approximate surface area is 148 Å². The van der Waals surface area contributed by atoms with Crippen molar-refractivity contribution in [2.24, 2.45) is 22.7 Å². The lowest BCUT2D eigenvalue weighted by Crippen LogP contribution is -2.53. The lowest BCUT2D eigenvalue weighted by Gasteiger charge is -2.57. The van der Waals surface area contributed by atoms with Gasteiger partial charge in [0.1, 0.15) is 0 Å². The molecule has 25 heavy (non-hydrogen) atoms. The van der Waals surface area contributed by atoms with E-state index in [1.807, 2.05) is 6.92 Å². The molecule has 138 valence electrons. The lowest BCUT2D eigenvalue weighted by atomic mass is 9.46. The Morgan fingerprint density at radius 1 is 1.40 bits per heavy atom. The molecule has 3 aliphatic rings. The summed E-state index contributed by atoms with van der Waals surface area (Å²) in [5.41, 5.74) is 1.00. The van der Waals surface area contributed by atoms with Gasteiger partial charge in [-0.2, -0.15) is 0 Å². The molecule has 0 amide bonds. The first kappa shape index (κ1) is 18.2. The smallest absolute Gasteiger partial charge is 0.333 e. The summed E-state index contributed by atoms with van der Waals surface area (Å²) in [6, 6.07) is 0. The van der Waals surface area contributed by atoms with Crippen molar-refractivity contribution < 1.29 is 24.5 Å². The number of carboxylic acids is 1. The first-order chi connectivity index (χ1) is 11.7. The molecular weight excluding hydrogens is 320 g/mol. The molecule has 1 aliphatic heterocycles. The second-order valence-corrected chi connectivity index (χ2v) is 8.43. The minimum absolute atomic E-state index is 0.101. The van der Waals surface area contributed by atoms with Gasteiger partial charge in [-0.05, 0) is 62.7 Å². The number of fused-ring (bicyclic) bond motifs is 1. The quantitative estimate of drug-likeness (QED) is 0.601. The summed E-state index contributed by atoms with van der Waals surface area (Å²) in [4.78, 5) is 23.3. The van der Waals surface area contributed by atoms with Gasteiger partial charge >= 0.3 is 11.9 Å². The Kier molecular flexibility index (Phi) is 4.56. The van der Waals surface area contributed by atoms with Crippen molar-refractivity contribution in [2.45, 2.75) is 65.1 Å². The molecule has 0 aromatic rings. The first-order valence-corrected chi connectivity index (χ1v) is 9.18. The van der Waals surface area contributed by atoms with E-state index in [1.165, 1.54) is 11.6 Å². The summed E-state index contributed by atoms with van der Waals surface area (Å²) in [6.45, 7) is 8.39. The molecule has 0 aromatic heterocycles. The average molecular weight is 348 g/mol. The van der Waals surface area contributed by atoms with Gasteiger partial charge in [-0.15, -0.1) is 0 Å². The number of aliphatic hydroxyl groups is 1. The van der Waals surface area contributed by atoms with Crippen LogP contribution in [-0.2, 0) is 14.3 Å². The highest BCUT2D eigenvalue weighted by Crippen LogP contribution is 2.62. The topological polar surface area (TPSA) is 83.8 Å². The van der Waals surface area contributed by atoms with Crippen molar-refractivity contribution in [3.8, 4) is 0 Å². The number of carboxylic acid groups (broad SMARTS) is 1. The van der Waals surface area contributed by atoms with Crippen LogP contribution in [-0.4, -0.2) is 28.4 Å². The van der Waals surface area contributed by atoms with Crippen molar-refractivity contribution in [3.63, 3.8) is 0 Å². The number of carbonyl (C=O) groups is 2. The summed E-state index contributed by atoms with van der Waals surface area (Å²) in [6.07, 6.45) is 5.94. The number of hydrogen-bond acceptors (Lipinski definition) is 4. The number of rotatable bonds is 4. The highest BCUT2D eigenvalue weighted by atomic mass is 16.6. The van der Waals surface area contributed by atoms with Crippen LogP contribution in [0, 0.1) is 22.7 Å². The predicted octanol–water partition coefficient (Wildman–Crippen LogP) is 3.43. The normalized spacial score (nSPS) is 41.1. The molecule has 2 fully saturated rings. The zero-order valence-electron chi connectivity index (χ0n) is 15.1. The van der Waals surface area contributed by atoms with Crippen LogP contribution in [0.25, 0.3) is 0 Å². The van der Waals surface area contributed by atoms with Gasteiger partial charge in [0.05, 0.1) is 5.41 Å². The van der Waals surface area contributed by atoms with Crippen molar-refractivity contribution >= 4 is 11.9 Å². The van der Waals surface area contributed by atoms with E-state index in [1.54, 1.807) is 0 Å². The number of allylic oxidation sites excluding steroid dienone is 1. The maximum absolute atomic E-state index is 12.0. The van der Waals surface area contributed by atoms with E-state index in [2.05, 4.69) is 13.5 Å².